The van der Waals surface area contributed by atoms with Gasteiger partial charge in [-0.3, -0.25) is 14.5 Å². The highest BCUT2D eigenvalue weighted by Crippen LogP contribution is 2.11. The Bertz CT molecular complexity index is 517. The first kappa shape index (κ1) is 12.6. The highest BCUT2D eigenvalue weighted by Gasteiger charge is 2.18. The third kappa shape index (κ3) is 3.08. The zero-order valence-corrected chi connectivity index (χ0v) is 10.4. The minimum atomic E-state index is -0.292. The van der Waals surface area contributed by atoms with E-state index in [0.717, 1.165) is 5.56 Å². The average Bonchev–Trinajstić information content (AvgIpc) is 2.38. The lowest BCUT2D eigenvalue weighted by atomic mass is 10.2. The third-order valence-electron chi connectivity index (χ3n) is 2.60. The van der Waals surface area contributed by atoms with Crippen molar-refractivity contribution in [2.75, 3.05) is 6.54 Å². The molecule has 0 fully saturated rings. The van der Waals surface area contributed by atoms with E-state index in [1.54, 1.807) is 24.3 Å². The highest BCUT2D eigenvalue weighted by molar-refractivity contribution is 6.30. The molecule has 2 amide bonds. The van der Waals surface area contributed by atoms with Gasteiger partial charge >= 0.3 is 0 Å². The summed E-state index contributed by atoms with van der Waals surface area (Å²) in [6.07, 6.45) is 6.99. The summed E-state index contributed by atoms with van der Waals surface area (Å²) in [7, 11) is 0. The second-order valence-electron chi connectivity index (χ2n) is 3.90. The predicted molar refractivity (Wildman–Crippen MR) is 71.0 cm³/mol. The van der Waals surface area contributed by atoms with E-state index in [-0.39, 0.29) is 11.8 Å². The lowest BCUT2D eigenvalue weighted by molar-refractivity contribution is -0.139. The number of amides is 2. The molecule has 18 heavy (non-hydrogen) atoms. The third-order valence-corrected chi connectivity index (χ3v) is 2.85. The molecule has 1 heterocycles. The van der Waals surface area contributed by atoms with Gasteiger partial charge in [0, 0.05) is 17.6 Å². The van der Waals surface area contributed by atoms with Crippen LogP contribution in [-0.4, -0.2) is 23.3 Å². The van der Waals surface area contributed by atoms with Crippen LogP contribution < -0.4 is 0 Å². The Hall–Kier alpha value is -1.87. The maximum absolute atomic E-state index is 11.8. The number of halogens is 1. The van der Waals surface area contributed by atoms with Crippen LogP contribution in [0.3, 0.4) is 0 Å². The van der Waals surface area contributed by atoms with Gasteiger partial charge in [0.15, 0.2) is 0 Å². The second-order valence-corrected chi connectivity index (χ2v) is 4.34. The Kier molecular flexibility index (Phi) is 3.95. The van der Waals surface area contributed by atoms with Crippen LogP contribution in [0.5, 0.6) is 0 Å². The lowest BCUT2D eigenvalue weighted by Crippen LogP contribution is -2.37. The van der Waals surface area contributed by atoms with Gasteiger partial charge in [0.1, 0.15) is 0 Å². The summed E-state index contributed by atoms with van der Waals surface area (Å²) in [5.74, 6) is -0.550. The molecule has 0 atom stereocenters. The Morgan fingerprint density at radius 2 is 2.00 bits per heavy atom. The molecule has 0 spiro atoms. The summed E-state index contributed by atoms with van der Waals surface area (Å²) in [4.78, 5) is 24.5. The Morgan fingerprint density at radius 3 is 2.67 bits per heavy atom. The van der Waals surface area contributed by atoms with Crippen molar-refractivity contribution in [1.29, 1.82) is 0 Å². The zero-order chi connectivity index (χ0) is 13.0. The van der Waals surface area contributed by atoms with Crippen LogP contribution in [0.4, 0.5) is 0 Å². The van der Waals surface area contributed by atoms with Gasteiger partial charge in [0.05, 0.1) is 0 Å². The fourth-order valence-electron chi connectivity index (χ4n) is 1.64. The molecule has 0 N–H and O–H groups in total. The first-order valence-corrected chi connectivity index (χ1v) is 6.00. The summed E-state index contributed by atoms with van der Waals surface area (Å²) >= 11 is 5.76. The smallest absolute Gasteiger partial charge is 0.253 e. The number of hydrogen-bond donors (Lipinski definition) is 0. The Morgan fingerprint density at radius 1 is 1.28 bits per heavy atom. The number of carbonyl (C=O) groups is 2. The molecule has 0 unspecified atom stereocenters. The SMILES string of the molecule is O=C1C=CCCN1C(=O)/C=C/c1ccc(Cl)cc1. The largest absolute Gasteiger partial charge is 0.275 e. The minimum absolute atomic E-state index is 0.257. The normalized spacial score (nSPS) is 15.4. The number of hydrogen-bond acceptors (Lipinski definition) is 2. The van der Waals surface area contributed by atoms with Crippen molar-refractivity contribution in [2.45, 2.75) is 6.42 Å². The maximum atomic E-state index is 11.8. The maximum Gasteiger partial charge on any atom is 0.253 e. The number of nitrogens with zero attached hydrogens (tertiary/aromatic N) is 1. The molecular formula is C14H12ClNO2. The van der Waals surface area contributed by atoms with E-state index >= 15 is 0 Å². The molecule has 0 aliphatic carbocycles. The number of benzene rings is 1. The van der Waals surface area contributed by atoms with Crippen LogP contribution in [0.2, 0.25) is 5.02 Å². The van der Waals surface area contributed by atoms with Crippen LogP contribution in [0, 0.1) is 0 Å². The van der Waals surface area contributed by atoms with E-state index in [9.17, 15) is 9.59 Å². The van der Waals surface area contributed by atoms with Crippen LogP contribution in [0.25, 0.3) is 6.08 Å². The monoisotopic (exact) mass is 261 g/mol. The summed E-state index contributed by atoms with van der Waals surface area (Å²) in [5.41, 5.74) is 0.868. The highest BCUT2D eigenvalue weighted by atomic mass is 35.5. The van der Waals surface area contributed by atoms with E-state index < -0.39 is 0 Å². The minimum Gasteiger partial charge on any atom is -0.275 e. The fourth-order valence-corrected chi connectivity index (χ4v) is 1.76. The Balaban J connectivity index is 2.05. The van der Waals surface area contributed by atoms with E-state index in [1.165, 1.54) is 17.1 Å². The van der Waals surface area contributed by atoms with Crippen molar-refractivity contribution in [2.24, 2.45) is 0 Å². The molecule has 0 aromatic heterocycles. The number of rotatable bonds is 2. The summed E-state index contributed by atoms with van der Waals surface area (Å²) < 4.78 is 0. The average molecular weight is 262 g/mol. The van der Waals surface area contributed by atoms with Crippen LogP contribution in [-0.2, 0) is 9.59 Å². The van der Waals surface area contributed by atoms with Crippen molar-refractivity contribution in [1.82, 2.24) is 4.90 Å². The molecule has 2 rings (SSSR count). The number of imide groups is 1. The van der Waals surface area contributed by atoms with Crippen molar-refractivity contribution in [3.63, 3.8) is 0 Å². The Labute approximate surface area is 110 Å². The first-order chi connectivity index (χ1) is 8.66. The van der Waals surface area contributed by atoms with Crippen LogP contribution >= 0.6 is 11.6 Å². The number of carbonyl (C=O) groups excluding carboxylic acids is 2. The van der Waals surface area contributed by atoms with Gasteiger partial charge in [-0.15, -0.1) is 0 Å². The van der Waals surface area contributed by atoms with Crippen LogP contribution in [0.15, 0.2) is 42.5 Å². The van der Waals surface area contributed by atoms with Gasteiger partial charge in [-0.05, 0) is 36.3 Å². The summed E-state index contributed by atoms with van der Waals surface area (Å²) in [6.45, 7) is 0.444. The van der Waals surface area contributed by atoms with Gasteiger partial charge in [-0.1, -0.05) is 29.8 Å². The molecule has 1 aromatic rings. The topological polar surface area (TPSA) is 37.4 Å². The second kappa shape index (κ2) is 5.65. The van der Waals surface area contributed by atoms with Crippen molar-refractivity contribution >= 4 is 29.5 Å². The molecule has 3 nitrogen and oxygen atoms in total. The van der Waals surface area contributed by atoms with E-state index in [0.29, 0.717) is 18.0 Å². The quantitative estimate of drug-likeness (QED) is 0.768. The van der Waals surface area contributed by atoms with E-state index in [1.807, 2.05) is 12.1 Å². The van der Waals surface area contributed by atoms with E-state index in [4.69, 9.17) is 11.6 Å². The van der Waals surface area contributed by atoms with Gasteiger partial charge < -0.3 is 0 Å². The lowest BCUT2D eigenvalue weighted by Gasteiger charge is -2.19. The van der Waals surface area contributed by atoms with Gasteiger partial charge in [0.25, 0.3) is 11.8 Å². The molecule has 0 saturated heterocycles. The molecule has 1 aliphatic rings. The molecule has 92 valence electrons. The predicted octanol–water partition coefficient (Wildman–Crippen LogP) is 2.67. The van der Waals surface area contributed by atoms with Crippen molar-refractivity contribution in [3.8, 4) is 0 Å². The van der Waals surface area contributed by atoms with Gasteiger partial charge in [-0.2, -0.15) is 0 Å². The first-order valence-electron chi connectivity index (χ1n) is 5.62. The summed E-state index contributed by atoms with van der Waals surface area (Å²) in [5, 5.41) is 0.648. The van der Waals surface area contributed by atoms with Gasteiger partial charge in [-0.25, -0.2) is 0 Å². The molecule has 1 aromatic carbocycles. The fraction of sp³-hybridized carbons (Fsp3) is 0.143. The molecule has 0 radical (unpaired) electrons. The van der Waals surface area contributed by atoms with Gasteiger partial charge in [0.2, 0.25) is 0 Å². The standard InChI is InChI=1S/C14H12ClNO2/c15-12-7-4-11(5-8-12)6-9-14(18)16-10-2-1-3-13(16)17/h1,3-9H,2,10H2/b9-6+. The van der Waals surface area contributed by atoms with Crippen molar-refractivity contribution < 1.29 is 9.59 Å². The molecule has 0 saturated carbocycles. The zero-order valence-electron chi connectivity index (χ0n) is 9.67. The molecule has 4 heteroatoms. The van der Waals surface area contributed by atoms with Crippen LogP contribution in [0.1, 0.15) is 12.0 Å². The summed E-state index contributed by atoms with van der Waals surface area (Å²) in [6, 6.07) is 7.12. The molecule has 1 aliphatic heterocycles. The van der Waals surface area contributed by atoms with E-state index in [2.05, 4.69) is 0 Å². The molecular weight excluding hydrogens is 250 g/mol. The van der Waals surface area contributed by atoms with Crippen molar-refractivity contribution in [3.05, 3.63) is 53.1 Å². The molecule has 0 bridgehead atoms.